The molecule has 4 nitrogen and oxygen atoms in total. The molecule has 6 heteroatoms. The van der Waals surface area contributed by atoms with E-state index in [0.717, 1.165) is 0 Å². The molecule has 0 atom stereocenters. The molecule has 1 aliphatic heterocycles. The van der Waals surface area contributed by atoms with Crippen LogP contribution in [0.2, 0.25) is 5.28 Å². The summed E-state index contributed by atoms with van der Waals surface area (Å²) in [7, 11) is -3.01. The van der Waals surface area contributed by atoms with E-state index in [9.17, 15) is 8.42 Å². The van der Waals surface area contributed by atoms with E-state index in [1.165, 1.54) is 0 Å². The number of rotatable bonds is 0. The quantitative estimate of drug-likeness (QED) is 0.607. The van der Waals surface area contributed by atoms with Crippen LogP contribution in [0.5, 0.6) is 0 Å². The maximum atomic E-state index is 11.2. The summed E-state index contributed by atoms with van der Waals surface area (Å²) in [4.78, 5) is 7.79. The highest BCUT2D eigenvalue weighted by molar-refractivity contribution is 7.90. The van der Waals surface area contributed by atoms with E-state index >= 15 is 0 Å². The van der Waals surface area contributed by atoms with Gasteiger partial charge in [0.1, 0.15) is 0 Å². The highest BCUT2D eigenvalue weighted by Gasteiger charge is 2.28. The fraction of sp³-hybridized carbons (Fsp3) is 0.429. The van der Waals surface area contributed by atoms with Crippen LogP contribution in [-0.4, -0.2) is 18.4 Å². The molecule has 1 aromatic heterocycles. The van der Waals surface area contributed by atoms with Gasteiger partial charge in [-0.2, -0.15) is 0 Å². The van der Waals surface area contributed by atoms with E-state index in [1.54, 1.807) is 6.92 Å². The summed E-state index contributed by atoms with van der Waals surface area (Å²) in [5.41, 5.74) is 1.93. The lowest BCUT2D eigenvalue weighted by molar-refractivity contribution is 0.597. The first-order chi connectivity index (χ1) is 5.98. The van der Waals surface area contributed by atoms with Gasteiger partial charge >= 0.3 is 0 Å². The molecule has 2 heterocycles. The SMILES string of the molecule is Cc1nc(Cl)nc2c1CS(=O)(=O)C2. The molecule has 13 heavy (non-hydrogen) atoms. The number of halogens is 1. The van der Waals surface area contributed by atoms with Crippen LogP contribution in [0.3, 0.4) is 0 Å². The molecule has 70 valence electrons. The average molecular weight is 219 g/mol. The van der Waals surface area contributed by atoms with Crippen molar-refractivity contribution in [2.24, 2.45) is 0 Å². The summed E-state index contributed by atoms with van der Waals surface area (Å²) in [5.74, 6) is 0.0384. The van der Waals surface area contributed by atoms with Crippen molar-refractivity contribution in [3.8, 4) is 0 Å². The van der Waals surface area contributed by atoms with Gasteiger partial charge in [-0.1, -0.05) is 0 Å². The lowest BCUT2D eigenvalue weighted by Gasteiger charge is -1.99. The Hall–Kier alpha value is -0.680. The summed E-state index contributed by atoms with van der Waals surface area (Å²) in [6, 6.07) is 0. The van der Waals surface area contributed by atoms with Crippen LogP contribution in [0.25, 0.3) is 0 Å². The van der Waals surface area contributed by atoms with Gasteiger partial charge in [0.25, 0.3) is 0 Å². The van der Waals surface area contributed by atoms with E-state index in [4.69, 9.17) is 11.6 Å². The molecule has 0 aromatic carbocycles. The third-order valence-electron chi connectivity index (χ3n) is 1.99. The predicted octanol–water partition coefficient (Wildman–Crippen LogP) is 0.867. The summed E-state index contributed by atoms with van der Waals surface area (Å²) in [6.07, 6.45) is 0. The minimum absolute atomic E-state index is 0.00852. The Balaban J connectivity index is 2.64. The Bertz CT molecular complexity index is 470. The molecule has 0 saturated carbocycles. The van der Waals surface area contributed by atoms with Crippen molar-refractivity contribution in [2.75, 3.05) is 0 Å². The Morgan fingerprint density at radius 2 is 2.00 bits per heavy atom. The van der Waals surface area contributed by atoms with E-state index < -0.39 is 9.84 Å². The average Bonchev–Trinajstić information content (AvgIpc) is 2.23. The molecule has 1 aromatic rings. The Labute approximate surface area is 80.9 Å². The molecular weight excluding hydrogens is 212 g/mol. The van der Waals surface area contributed by atoms with Crippen molar-refractivity contribution in [1.82, 2.24) is 9.97 Å². The number of sulfone groups is 1. The zero-order chi connectivity index (χ0) is 9.64. The zero-order valence-electron chi connectivity index (χ0n) is 6.91. The van der Waals surface area contributed by atoms with Gasteiger partial charge in [-0.15, -0.1) is 0 Å². The van der Waals surface area contributed by atoms with Crippen molar-refractivity contribution < 1.29 is 8.42 Å². The van der Waals surface area contributed by atoms with Gasteiger partial charge in [-0.3, -0.25) is 0 Å². The minimum Gasteiger partial charge on any atom is -0.228 e. The van der Waals surface area contributed by atoms with E-state index in [2.05, 4.69) is 9.97 Å². The van der Waals surface area contributed by atoms with E-state index in [1.807, 2.05) is 0 Å². The maximum Gasteiger partial charge on any atom is 0.222 e. The fourth-order valence-electron chi connectivity index (χ4n) is 1.40. The molecule has 1 aliphatic rings. The lowest BCUT2D eigenvalue weighted by Crippen LogP contribution is -1.96. The summed E-state index contributed by atoms with van der Waals surface area (Å²) < 4.78 is 22.5. The van der Waals surface area contributed by atoms with Crippen LogP contribution in [-0.2, 0) is 21.3 Å². The monoisotopic (exact) mass is 218 g/mol. The van der Waals surface area contributed by atoms with Gasteiger partial charge in [0.05, 0.1) is 17.2 Å². The third-order valence-corrected chi connectivity index (χ3v) is 3.60. The van der Waals surface area contributed by atoms with Crippen LogP contribution in [0.4, 0.5) is 0 Å². The summed E-state index contributed by atoms with van der Waals surface area (Å²) in [6.45, 7) is 1.74. The smallest absolute Gasteiger partial charge is 0.222 e. The number of hydrogen-bond acceptors (Lipinski definition) is 4. The second-order valence-electron chi connectivity index (χ2n) is 3.04. The number of nitrogens with zero attached hydrogens (tertiary/aromatic N) is 2. The van der Waals surface area contributed by atoms with Gasteiger partial charge in [-0.05, 0) is 18.5 Å². The highest BCUT2D eigenvalue weighted by Crippen LogP contribution is 2.25. The standard InChI is InChI=1S/C7H7ClN2O2S/c1-4-5-2-13(11,12)3-6(5)10-7(8)9-4/h2-3H2,1H3. The van der Waals surface area contributed by atoms with Gasteiger partial charge in [0, 0.05) is 11.3 Å². The van der Waals surface area contributed by atoms with Gasteiger partial charge in [-0.25, -0.2) is 18.4 Å². The lowest BCUT2D eigenvalue weighted by atomic mass is 10.2. The normalized spacial score (nSPS) is 18.6. The first-order valence-corrected chi connectivity index (χ1v) is 5.90. The molecule has 0 radical (unpaired) electrons. The third kappa shape index (κ3) is 1.53. The second kappa shape index (κ2) is 2.65. The van der Waals surface area contributed by atoms with Crippen molar-refractivity contribution in [3.63, 3.8) is 0 Å². The van der Waals surface area contributed by atoms with E-state index in [-0.39, 0.29) is 16.8 Å². The topological polar surface area (TPSA) is 59.9 Å². The zero-order valence-corrected chi connectivity index (χ0v) is 8.48. The molecule has 0 bridgehead atoms. The summed E-state index contributed by atoms with van der Waals surface area (Å²) >= 11 is 5.60. The van der Waals surface area contributed by atoms with Crippen LogP contribution >= 0.6 is 11.6 Å². The summed E-state index contributed by atoms with van der Waals surface area (Å²) in [5, 5.41) is 0.119. The molecule has 0 amide bonds. The Morgan fingerprint density at radius 3 is 2.69 bits per heavy atom. The highest BCUT2D eigenvalue weighted by atomic mass is 35.5. The first kappa shape index (κ1) is 8.90. The van der Waals surface area contributed by atoms with Gasteiger partial charge in [0.15, 0.2) is 9.84 Å². The largest absolute Gasteiger partial charge is 0.228 e. The van der Waals surface area contributed by atoms with Crippen LogP contribution in [0, 0.1) is 6.92 Å². The predicted molar refractivity (Wildman–Crippen MR) is 48.1 cm³/mol. The van der Waals surface area contributed by atoms with Crippen LogP contribution in [0.15, 0.2) is 0 Å². The van der Waals surface area contributed by atoms with Crippen LogP contribution < -0.4 is 0 Å². The molecular formula is C7H7ClN2O2S. The molecule has 0 unspecified atom stereocenters. The Morgan fingerprint density at radius 1 is 1.31 bits per heavy atom. The van der Waals surface area contributed by atoms with Gasteiger partial charge < -0.3 is 0 Å². The fourth-order valence-corrected chi connectivity index (χ4v) is 3.21. The van der Waals surface area contributed by atoms with Crippen molar-refractivity contribution in [1.29, 1.82) is 0 Å². The molecule has 0 N–H and O–H groups in total. The number of fused-ring (bicyclic) bond motifs is 1. The number of aryl methyl sites for hydroxylation is 1. The van der Waals surface area contributed by atoms with Crippen molar-refractivity contribution >= 4 is 21.4 Å². The second-order valence-corrected chi connectivity index (χ2v) is 5.44. The first-order valence-electron chi connectivity index (χ1n) is 3.70. The Kier molecular flexibility index (Phi) is 1.82. The van der Waals surface area contributed by atoms with E-state index in [0.29, 0.717) is 17.0 Å². The molecule has 2 rings (SSSR count). The maximum absolute atomic E-state index is 11.2. The number of aromatic nitrogens is 2. The van der Waals surface area contributed by atoms with Crippen molar-refractivity contribution in [2.45, 2.75) is 18.4 Å². The van der Waals surface area contributed by atoms with Crippen LogP contribution in [0.1, 0.15) is 17.0 Å². The minimum atomic E-state index is -3.01. The molecule has 0 spiro atoms. The number of hydrogen-bond donors (Lipinski definition) is 0. The molecule has 0 saturated heterocycles. The molecule has 0 fully saturated rings. The van der Waals surface area contributed by atoms with Crippen molar-refractivity contribution in [3.05, 3.63) is 22.2 Å². The molecule has 0 aliphatic carbocycles. The van der Waals surface area contributed by atoms with Gasteiger partial charge in [0.2, 0.25) is 5.28 Å².